The highest BCUT2D eigenvalue weighted by Crippen LogP contribution is 2.15. The molecule has 2 rings (SSSR count). The molecule has 0 atom stereocenters. The molecule has 0 saturated carbocycles. The molecule has 1 heterocycles. The molecule has 0 bridgehead atoms. The lowest BCUT2D eigenvalue weighted by atomic mass is 10.2. The predicted molar refractivity (Wildman–Crippen MR) is 82.9 cm³/mol. The minimum absolute atomic E-state index is 0.0273. The van der Waals surface area contributed by atoms with Crippen LogP contribution in [0.1, 0.15) is 18.9 Å². The molecule has 0 aliphatic heterocycles. The Bertz CT molecular complexity index is 783. The molecule has 1 aromatic heterocycles. The van der Waals surface area contributed by atoms with Crippen LogP contribution in [-0.4, -0.2) is 9.13 Å². The van der Waals surface area contributed by atoms with Gasteiger partial charge in [-0.2, -0.15) is 0 Å². The first kappa shape index (κ1) is 15.5. The molecule has 2 N–H and O–H groups in total. The van der Waals surface area contributed by atoms with Gasteiger partial charge in [0.15, 0.2) is 0 Å². The van der Waals surface area contributed by atoms with Gasteiger partial charge in [-0.1, -0.05) is 28.9 Å². The van der Waals surface area contributed by atoms with Gasteiger partial charge in [-0.25, -0.2) is 9.18 Å². The number of aryl methyl sites for hydroxylation is 1. The van der Waals surface area contributed by atoms with Gasteiger partial charge in [0.2, 0.25) is 0 Å². The summed E-state index contributed by atoms with van der Waals surface area (Å²) in [4.78, 5) is 24.3. The van der Waals surface area contributed by atoms with Gasteiger partial charge in [-0.3, -0.25) is 13.9 Å². The van der Waals surface area contributed by atoms with Crippen molar-refractivity contribution in [1.82, 2.24) is 9.13 Å². The van der Waals surface area contributed by atoms with Gasteiger partial charge in [0.05, 0.1) is 6.54 Å². The third kappa shape index (κ3) is 3.24. The van der Waals surface area contributed by atoms with Crippen molar-refractivity contribution in [3.05, 3.63) is 61.1 Å². The van der Waals surface area contributed by atoms with Gasteiger partial charge in [0.25, 0.3) is 5.56 Å². The van der Waals surface area contributed by atoms with Crippen molar-refractivity contribution < 1.29 is 4.39 Å². The number of nitrogens with zero attached hydrogens (tertiary/aromatic N) is 2. The van der Waals surface area contributed by atoms with Crippen LogP contribution >= 0.6 is 15.9 Å². The number of rotatable bonds is 4. The summed E-state index contributed by atoms with van der Waals surface area (Å²) in [5.74, 6) is -0.486. The highest BCUT2D eigenvalue weighted by Gasteiger charge is 2.12. The second-order valence-corrected chi connectivity index (χ2v) is 5.60. The van der Waals surface area contributed by atoms with Gasteiger partial charge in [-0.05, 0) is 18.6 Å². The van der Waals surface area contributed by atoms with Gasteiger partial charge in [-0.15, -0.1) is 0 Å². The summed E-state index contributed by atoms with van der Waals surface area (Å²) in [6.45, 7) is 2.21. The van der Waals surface area contributed by atoms with E-state index in [1.165, 1.54) is 22.9 Å². The third-order valence-corrected chi connectivity index (χ3v) is 3.56. The molecule has 21 heavy (non-hydrogen) atoms. The van der Waals surface area contributed by atoms with Crippen molar-refractivity contribution in [1.29, 1.82) is 0 Å². The van der Waals surface area contributed by atoms with Crippen molar-refractivity contribution in [2.45, 2.75) is 26.4 Å². The number of hydrogen-bond acceptors (Lipinski definition) is 3. The summed E-state index contributed by atoms with van der Waals surface area (Å²) in [6, 6.07) is 4.47. The van der Waals surface area contributed by atoms with Crippen molar-refractivity contribution in [2.75, 3.05) is 5.73 Å². The quantitative estimate of drug-likeness (QED) is 0.911. The molecule has 0 aliphatic rings. The van der Waals surface area contributed by atoms with Crippen LogP contribution < -0.4 is 17.0 Å². The average Bonchev–Trinajstić information content (AvgIpc) is 2.43. The monoisotopic (exact) mass is 355 g/mol. The summed E-state index contributed by atoms with van der Waals surface area (Å²) in [5, 5.41) is 0. The lowest BCUT2D eigenvalue weighted by molar-refractivity contribution is 0.553. The number of halogens is 2. The van der Waals surface area contributed by atoms with E-state index in [9.17, 15) is 14.0 Å². The van der Waals surface area contributed by atoms with Crippen LogP contribution in [0.4, 0.5) is 10.1 Å². The van der Waals surface area contributed by atoms with Crippen LogP contribution in [0, 0.1) is 5.82 Å². The first-order valence-corrected chi connectivity index (χ1v) is 7.27. The van der Waals surface area contributed by atoms with E-state index in [1.807, 2.05) is 6.92 Å². The van der Waals surface area contributed by atoms with E-state index in [4.69, 9.17) is 5.73 Å². The Morgan fingerprint density at radius 1 is 1.33 bits per heavy atom. The third-order valence-electron chi connectivity index (χ3n) is 3.07. The lowest BCUT2D eigenvalue weighted by Gasteiger charge is -2.11. The number of hydrogen-bond donors (Lipinski definition) is 1. The molecule has 5 nitrogen and oxygen atoms in total. The average molecular weight is 356 g/mol. The predicted octanol–water partition coefficient (Wildman–Crippen LogP) is 1.95. The Labute approximate surface area is 129 Å². The number of nitrogens with two attached hydrogens (primary N) is 1. The first-order valence-electron chi connectivity index (χ1n) is 6.47. The van der Waals surface area contributed by atoms with E-state index < -0.39 is 17.1 Å². The normalized spacial score (nSPS) is 10.8. The topological polar surface area (TPSA) is 70.0 Å². The summed E-state index contributed by atoms with van der Waals surface area (Å²) in [7, 11) is 0. The van der Waals surface area contributed by atoms with E-state index in [1.54, 1.807) is 6.07 Å². The van der Waals surface area contributed by atoms with Crippen molar-refractivity contribution in [3.8, 4) is 0 Å². The molecule has 0 aliphatic carbocycles. The number of aromatic nitrogens is 2. The molecule has 0 saturated heterocycles. The first-order chi connectivity index (χ1) is 9.93. The van der Waals surface area contributed by atoms with Crippen LogP contribution in [0.2, 0.25) is 0 Å². The number of benzene rings is 1. The summed E-state index contributed by atoms with van der Waals surface area (Å²) in [5.41, 5.74) is 4.78. The van der Waals surface area contributed by atoms with Crippen LogP contribution in [0.25, 0.3) is 0 Å². The maximum Gasteiger partial charge on any atom is 0.331 e. The van der Waals surface area contributed by atoms with E-state index in [0.29, 0.717) is 11.0 Å². The smallest absolute Gasteiger partial charge is 0.331 e. The fourth-order valence-electron chi connectivity index (χ4n) is 2.04. The minimum atomic E-state index is -0.602. The van der Waals surface area contributed by atoms with E-state index in [0.717, 1.165) is 11.0 Å². The Hall–Kier alpha value is -1.89. The SMILES string of the molecule is CCCn1cc(N)c(=O)n(Cc2ccc(Br)cc2F)c1=O. The van der Waals surface area contributed by atoms with Crippen molar-refractivity contribution >= 4 is 21.6 Å². The number of anilines is 1. The maximum atomic E-state index is 13.9. The fraction of sp³-hybridized carbons (Fsp3) is 0.286. The Morgan fingerprint density at radius 2 is 2.05 bits per heavy atom. The number of nitrogen functional groups attached to an aromatic ring is 1. The zero-order valence-corrected chi connectivity index (χ0v) is 13.1. The Morgan fingerprint density at radius 3 is 2.67 bits per heavy atom. The van der Waals surface area contributed by atoms with E-state index in [2.05, 4.69) is 15.9 Å². The minimum Gasteiger partial charge on any atom is -0.393 e. The summed E-state index contributed by atoms with van der Waals surface area (Å²) >= 11 is 3.16. The molecule has 0 unspecified atom stereocenters. The van der Waals surface area contributed by atoms with Gasteiger partial charge < -0.3 is 5.73 Å². The van der Waals surface area contributed by atoms with Gasteiger partial charge in [0.1, 0.15) is 11.5 Å². The highest BCUT2D eigenvalue weighted by atomic mass is 79.9. The fourth-order valence-corrected chi connectivity index (χ4v) is 2.37. The van der Waals surface area contributed by atoms with Crippen molar-refractivity contribution in [2.24, 2.45) is 0 Å². The molecular formula is C14H15BrFN3O2. The standard InChI is InChI=1S/C14H15BrFN3O2/c1-2-5-18-8-12(17)13(20)19(14(18)21)7-9-3-4-10(15)6-11(9)16/h3-4,6,8H,2,5,7,17H2,1H3. The van der Waals surface area contributed by atoms with Gasteiger partial charge >= 0.3 is 5.69 Å². The maximum absolute atomic E-state index is 13.9. The molecule has 0 spiro atoms. The van der Waals surface area contributed by atoms with E-state index >= 15 is 0 Å². The zero-order valence-electron chi connectivity index (χ0n) is 11.5. The summed E-state index contributed by atoms with van der Waals surface area (Å²) < 4.78 is 16.8. The summed E-state index contributed by atoms with van der Waals surface area (Å²) in [6.07, 6.45) is 2.06. The van der Waals surface area contributed by atoms with Crippen molar-refractivity contribution in [3.63, 3.8) is 0 Å². The second kappa shape index (κ2) is 6.26. The van der Waals surface area contributed by atoms with Crippen LogP contribution in [-0.2, 0) is 13.1 Å². The van der Waals surface area contributed by atoms with E-state index in [-0.39, 0.29) is 17.8 Å². The van der Waals surface area contributed by atoms with Crippen LogP contribution in [0.5, 0.6) is 0 Å². The molecule has 2 aromatic rings. The molecule has 7 heteroatoms. The van der Waals surface area contributed by atoms with Crippen LogP contribution in [0.3, 0.4) is 0 Å². The highest BCUT2D eigenvalue weighted by molar-refractivity contribution is 9.10. The molecular weight excluding hydrogens is 341 g/mol. The molecule has 112 valence electrons. The zero-order chi connectivity index (χ0) is 15.6. The molecule has 0 fully saturated rings. The second-order valence-electron chi connectivity index (χ2n) is 4.69. The lowest BCUT2D eigenvalue weighted by Crippen LogP contribution is -2.41. The Balaban J connectivity index is 2.53. The van der Waals surface area contributed by atoms with Gasteiger partial charge in [0, 0.05) is 22.8 Å². The molecule has 0 amide bonds. The Kier molecular flexibility index (Phi) is 4.62. The molecule has 1 aromatic carbocycles. The molecule has 0 radical (unpaired) electrons. The van der Waals surface area contributed by atoms with Crippen LogP contribution in [0.15, 0.2) is 38.5 Å². The largest absolute Gasteiger partial charge is 0.393 e.